The van der Waals surface area contributed by atoms with E-state index in [0.29, 0.717) is 6.54 Å². The van der Waals surface area contributed by atoms with Gasteiger partial charge in [-0.2, -0.15) is 0 Å². The number of amides is 1. The van der Waals surface area contributed by atoms with Crippen LogP contribution in [-0.2, 0) is 14.9 Å². The Hall–Kier alpha value is -1.84. The molecule has 0 saturated heterocycles. The summed E-state index contributed by atoms with van der Waals surface area (Å²) in [6, 6.07) is 9.92. The minimum absolute atomic E-state index is 0.0233. The molecule has 1 aliphatic carbocycles. The highest BCUT2D eigenvalue weighted by atomic mass is 16.6. The first-order chi connectivity index (χ1) is 9.78. The van der Waals surface area contributed by atoms with E-state index in [0.717, 1.165) is 18.3 Å². The van der Waals surface area contributed by atoms with E-state index in [4.69, 9.17) is 4.74 Å². The van der Waals surface area contributed by atoms with E-state index < -0.39 is 5.60 Å². The van der Waals surface area contributed by atoms with Crippen LogP contribution in [0.2, 0.25) is 0 Å². The summed E-state index contributed by atoms with van der Waals surface area (Å²) in [5.41, 5.74) is 0.338. The van der Waals surface area contributed by atoms with Crippen LogP contribution in [0.1, 0.15) is 32.8 Å². The molecule has 1 aromatic carbocycles. The van der Waals surface area contributed by atoms with Gasteiger partial charge < -0.3 is 14.4 Å². The number of hydrogen-bond donors (Lipinski definition) is 0. The average molecular weight is 289 g/mol. The van der Waals surface area contributed by atoms with Crippen LogP contribution in [0.25, 0.3) is 0 Å². The van der Waals surface area contributed by atoms with Gasteiger partial charge in [0, 0.05) is 24.9 Å². The minimum Gasteiger partial charge on any atom is -0.444 e. The molecule has 0 spiro atoms. The molecule has 1 saturated carbocycles. The number of ether oxygens (including phenoxy) is 1. The number of hydrogen-bond acceptors (Lipinski definition) is 3. The lowest BCUT2D eigenvalue weighted by Crippen LogP contribution is -2.39. The van der Waals surface area contributed by atoms with Gasteiger partial charge in [-0.05, 0) is 32.8 Å². The SMILES string of the molecule is CN(C[C@]1(c2ccccc2)C[C@@H]1C=O)C(=O)OC(C)(C)C. The van der Waals surface area contributed by atoms with Crippen molar-refractivity contribution in [3.05, 3.63) is 35.9 Å². The Morgan fingerprint density at radius 2 is 2.00 bits per heavy atom. The topological polar surface area (TPSA) is 46.6 Å². The Morgan fingerprint density at radius 3 is 2.48 bits per heavy atom. The van der Waals surface area contributed by atoms with Crippen LogP contribution in [0.4, 0.5) is 4.79 Å². The molecule has 1 amide bonds. The van der Waals surface area contributed by atoms with Crippen molar-refractivity contribution in [3.8, 4) is 0 Å². The fraction of sp³-hybridized carbons (Fsp3) is 0.529. The lowest BCUT2D eigenvalue weighted by Gasteiger charge is -2.28. The van der Waals surface area contributed by atoms with Gasteiger partial charge in [-0.1, -0.05) is 30.3 Å². The van der Waals surface area contributed by atoms with Crippen LogP contribution in [0.3, 0.4) is 0 Å². The van der Waals surface area contributed by atoms with Gasteiger partial charge in [-0.3, -0.25) is 0 Å². The summed E-state index contributed by atoms with van der Waals surface area (Å²) in [5, 5.41) is 0. The van der Waals surface area contributed by atoms with E-state index in [1.165, 1.54) is 0 Å². The molecule has 21 heavy (non-hydrogen) atoms. The van der Waals surface area contributed by atoms with Crippen molar-refractivity contribution in [1.29, 1.82) is 0 Å². The Morgan fingerprint density at radius 1 is 1.38 bits per heavy atom. The van der Waals surface area contributed by atoms with Crippen LogP contribution >= 0.6 is 0 Å². The zero-order valence-corrected chi connectivity index (χ0v) is 13.1. The Labute approximate surface area is 126 Å². The molecule has 2 rings (SSSR count). The van der Waals surface area contributed by atoms with Crippen LogP contribution in [0, 0.1) is 5.92 Å². The number of aldehydes is 1. The van der Waals surface area contributed by atoms with Crippen molar-refractivity contribution < 1.29 is 14.3 Å². The third-order valence-electron chi connectivity index (χ3n) is 3.87. The lowest BCUT2D eigenvalue weighted by molar-refractivity contribution is -0.109. The predicted molar refractivity (Wildman–Crippen MR) is 81.2 cm³/mol. The molecule has 4 heteroatoms. The molecular weight excluding hydrogens is 266 g/mol. The number of likely N-dealkylation sites (N-methyl/N-ethyl adjacent to an activating group) is 1. The van der Waals surface area contributed by atoms with E-state index >= 15 is 0 Å². The van der Waals surface area contributed by atoms with Crippen LogP contribution < -0.4 is 0 Å². The van der Waals surface area contributed by atoms with Gasteiger partial charge in [-0.15, -0.1) is 0 Å². The van der Waals surface area contributed by atoms with Gasteiger partial charge in [0.2, 0.25) is 0 Å². The predicted octanol–water partition coefficient (Wildman–Crippen LogP) is 3.01. The van der Waals surface area contributed by atoms with Crippen molar-refractivity contribution in [1.82, 2.24) is 4.90 Å². The van der Waals surface area contributed by atoms with Crippen molar-refractivity contribution >= 4 is 12.4 Å². The molecule has 1 fully saturated rings. The van der Waals surface area contributed by atoms with E-state index in [9.17, 15) is 9.59 Å². The molecular formula is C17H23NO3. The fourth-order valence-corrected chi connectivity index (χ4v) is 2.71. The second kappa shape index (κ2) is 5.51. The van der Waals surface area contributed by atoms with Crippen LogP contribution in [0.5, 0.6) is 0 Å². The Balaban J connectivity index is 2.12. The molecule has 0 N–H and O–H groups in total. The Kier molecular flexibility index (Phi) is 4.08. The summed E-state index contributed by atoms with van der Waals surface area (Å²) >= 11 is 0. The summed E-state index contributed by atoms with van der Waals surface area (Å²) < 4.78 is 5.38. The van der Waals surface area contributed by atoms with Gasteiger partial charge in [0.05, 0.1) is 0 Å². The zero-order valence-electron chi connectivity index (χ0n) is 13.1. The molecule has 2 atom stereocenters. The first-order valence-electron chi connectivity index (χ1n) is 7.23. The van der Waals surface area contributed by atoms with E-state index in [2.05, 4.69) is 0 Å². The molecule has 1 aliphatic rings. The summed E-state index contributed by atoms with van der Waals surface area (Å²) in [6.45, 7) is 6.03. The van der Waals surface area contributed by atoms with Crippen molar-refractivity contribution in [2.24, 2.45) is 5.92 Å². The normalized spacial score (nSPS) is 24.3. The van der Waals surface area contributed by atoms with Crippen molar-refractivity contribution in [3.63, 3.8) is 0 Å². The summed E-state index contributed by atoms with van der Waals surface area (Å²) in [7, 11) is 1.72. The second-order valence-corrected chi connectivity index (χ2v) is 6.81. The van der Waals surface area contributed by atoms with Crippen molar-refractivity contribution in [2.45, 2.75) is 38.2 Å². The third-order valence-corrected chi connectivity index (χ3v) is 3.87. The van der Waals surface area contributed by atoms with Crippen LogP contribution in [-0.4, -0.2) is 36.5 Å². The number of carbonyl (C=O) groups excluding carboxylic acids is 2. The highest BCUT2D eigenvalue weighted by Gasteiger charge is 2.56. The monoisotopic (exact) mass is 289 g/mol. The maximum absolute atomic E-state index is 12.1. The summed E-state index contributed by atoms with van der Waals surface area (Å²) in [6.07, 6.45) is 1.43. The molecule has 0 aliphatic heterocycles. The Bertz CT molecular complexity index is 521. The average Bonchev–Trinajstić information content (AvgIpc) is 3.12. The number of rotatable bonds is 4. The quantitative estimate of drug-likeness (QED) is 0.800. The van der Waals surface area contributed by atoms with E-state index in [1.54, 1.807) is 11.9 Å². The zero-order chi connectivity index (χ0) is 15.7. The maximum atomic E-state index is 12.1. The van der Waals surface area contributed by atoms with Gasteiger partial charge in [0.25, 0.3) is 0 Å². The fourth-order valence-electron chi connectivity index (χ4n) is 2.71. The van der Waals surface area contributed by atoms with Gasteiger partial charge in [0.1, 0.15) is 11.9 Å². The first-order valence-corrected chi connectivity index (χ1v) is 7.23. The lowest BCUT2D eigenvalue weighted by atomic mass is 9.93. The summed E-state index contributed by atoms with van der Waals surface area (Å²) in [5.74, 6) is -0.0233. The molecule has 0 heterocycles. The second-order valence-electron chi connectivity index (χ2n) is 6.81. The van der Waals surface area contributed by atoms with Gasteiger partial charge >= 0.3 is 6.09 Å². The highest BCUT2D eigenvalue weighted by Crippen LogP contribution is 2.53. The molecule has 0 aromatic heterocycles. The molecule has 1 aromatic rings. The van der Waals surface area contributed by atoms with Gasteiger partial charge in [0.15, 0.2) is 0 Å². The molecule has 0 unspecified atom stereocenters. The minimum atomic E-state index is -0.515. The largest absolute Gasteiger partial charge is 0.444 e. The van der Waals surface area contributed by atoms with Crippen molar-refractivity contribution in [2.75, 3.05) is 13.6 Å². The number of nitrogens with zero attached hydrogens (tertiary/aromatic N) is 1. The molecule has 0 radical (unpaired) electrons. The first kappa shape index (κ1) is 15.5. The maximum Gasteiger partial charge on any atom is 0.410 e. The van der Waals surface area contributed by atoms with Crippen LogP contribution in [0.15, 0.2) is 30.3 Å². The molecule has 114 valence electrons. The van der Waals surface area contributed by atoms with Gasteiger partial charge in [-0.25, -0.2) is 4.79 Å². The molecule has 0 bridgehead atoms. The van der Waals surface area contributed by atoms with E-state index in [-0.39, 0.29) is 17.4 Å². The smallest absolute Gasteiger partial charge is 0.410 e. The van der Waals surface area contributed by atoms with E-state index in [1.807, 2.05) is 51.1 Å². The molecule has 4 nitrogen and oxygen atoms in total. The number of benzene rings is 1. The highest BCUT2D eigenvalue weighted by molar-refractivity contribution is 5.70. The summed E-state index contributed by atoms with van der Waals surface area (Å²) in [4.78, 5) is 24.9. The third kappa shape index (κ3) is 3.43. The standard InChI is InChI=1S/C17H23NO3/c1-16(2,3)21-15(20)18(4)12-17(10-14(17)11-19)13-8-6-5-7-9-13/h5-9,11,14H,10,12H2,1-4H3/t14-,17+/m1/s1. The number of carbonyl (C=O) groups is 2.